The van der Waals surface area contributed by atoms with E-state index in [-0.39, 0.29) is 32.2 Å². The summed E-state index contributed by atoms with van der Waals surface area (Å²) in [7, 11) is -2.42. The molecule has 0 saturated heterocycles. The smallest absolute Gasteiger partial charge is 0.323 e. The van der Waals surface area contributed by atoms with E-state index in [9.17, 15) is 18.3 Å². The van der Waals surface area contributed by atoms with Crippen LogP contribution in [-0.4, -0.2) is 37.5 Å². The van der Waals surface area contributed by atoms with E-state index in [1.54, 1.807) is 25.1 Å². The number of thiophene rings is 1. The van der Waals surface area contributed by atoms with Gasteiger partial charge in [0.1, 0.15) is 0 Å². The van der Waals surface area contributed by atoms with Crippen molar-refractivity contribution in [3.05, 3.63) is 33.6 Å². The molecule has 136 valence electrons. The molecule has 2 rings (SSSR count). The maximum Gasteiger partial charge on any atom is 0.323 e. The number of rotatable bonds is 5. The van der Waals surface area contributed by atoms with Crippen LogP contribution in [0.25, 0.3) is 0 Å². The average molecular weight is 424 g/mol. The van der Waals surface area contributed by atoms with Crippen LogP contribution in [0, 0.1) is 0 Å². The molecule has 0 aliphatic carbocycles. The summed E-state index contributed by atoms with van der Waals surface area (Å²) in [6.07, 6.45) is 0. The van der Waals surface area contributed by atoms with E-state index < -0.39 is 21.8 Å². The molecule has 1 heterocycles. The van der Waals surface area contributed by atoms with Gasteiger partial charge in [-0.2, -0.15) is 0 Å². The highest BCUT2D eigenvalue weighted by atomic mass is 35.5. The third-order valence-electron chi connectivity index (χ3n) is 3.27. The molecule has 3 N–H and O–H groups in total. The number of benzene rings is 1. The van der Waals surface area contributed by atoms with Crippen LogP contribution in [-0.2, 0) is 10.0 Å². The van der Waals surface area contributed by atoms with E-state index in [1.165, 1.54) is 12.4 Å². The molecule has 0 aliphatic heterocycles. The standard InChI is InChI=1S/C14H15Cl2N3O4S2/c1-3-19(2)25(22,23)13-12(20)10(7-24-13)18-14(21)17-9-6-4-5-8(15)11(9)16/h4-7,20H,3H2,1-2H3,(H2,17,18,21). The highest BCUT2D eigenvalue weighted by Gasteiger charge is 2.27. The maximum atomic E-state index is 12.3. The minimum absolute atomic E-state index is 0.0243. The van der Waals surface area contributed by atoms with Crippen molar-refractivity contribution >= 4 is 62.0 Å². The predicted octanol–water partition coefficient (Wildman–Crippen LogP) is 4.04. The Morgan fingerprint density at radius 2 is 1.92 bits per heavy atom. The van der Waals surface area contributed by atoms with Crippen LogP contribution in [0.3, 0.4) is 0 Å². The maximum absolute atomic E-state index is 12.3. The quantitative estimate of drug-likeness (QED) is 0.675. The van der Waals surface area contributed by atoms with E-state index >= 15 is 0 Å². The van der Waals surface area contributed by atoms with E-state index in [4.69, 9.17) is 23.2 Å². The third-order valence-corrected chi connectivity index (χ3v) is 7.51. The van der Waals surface area contributed by atoms with Gasteiger partial charge in [0.25, 0.3) is 10.0 Å². The van der Waals surface area contributed by atoms with Crippen molar-refractivity contribution in [3.63, 3.8) is 0 Å². The minimum atomic E-state index is -3.81. The van der Waals surface area contributed by atoms with Gasteiger partial charge in [-0.05, 0) is 12.1 Å². The van der Waals surface area contributed by atoms with Crippen molar-refractivity contribution in [3.8, 4) is 5.75 Å². The number of nitrogens with one attached hydrogen (secondary N) is 2. The Morgan fingerprint density at radius 3 is 2.56 bits per heavy atom. The van der Waals surface area contributed by atoms with Gasteiger partial charge in [0, 0.05) is 19.0 Å². The molecule has 25 heavy (non-hydrogen) atoms. The van der Waals surface area contributed by atoms with Gasteiger partial charge in [0.05, 0.1) is 21.4 Å². The number of anilines is 2. The van der Waals surface area contributed by atoms with Crippen LogP contribution in [0.1, 0.15) is 6.92 Å². The zero-order valence-electron chi connectivity index (χ0n) is 13.2. The fourth-order valence-corrected chi connectivity index (χ4v) is 4.75. The van der Waals surface area contributed by atoms with Crippen molar-refractivity contribution in [2.24, 2.45) is 0 Å². The number of hydrogen-bond donors (Lipinski definition) is 3. The van der Waals surface area contributed by atoms with Crippen LogP contribution in [0.2, 0.25) is 10.0 Å². The second-order valence-corrected chi connectivity index (χ2v) is 8.79. The van der Waals surface area contributed by atoms with Gasteiger partial charge in [-0.25, -0.2) is 17.5 Å². The van der Waals surface area contributed by atoms with E-state index in [2.05, 4.69) is 10.6 Å². The van der Waals surface area contributed by atoms with Gasteiger partial charge in [0.15, 0.2) is 9.96 Å². The number of hydrogen-bond acceptors (Lipinski definition) is 5. The predicted molar refractivity (Wildman–Crippen MR) is 101 cm³/mol. The molecular weight excluding hydrogens is 409 g/mol. The number of nitrogens with zero attached hydrogens (tertiary/aromatic N) is 1. The SMILES string of the molecule is CCN(C)S(=O)(=O)c1scc(NC(=O)Nc2cccc(Cl)c2Cl)c1O. The first-order valence-corrected chi connectivity index (χ1v) is 10.0. The molecule has 11 heteroatoms. The molecule has 0 atom stereocenters. The number of sulfonamides is 1. The summed E-state index contributed by atoms with van der Waals surface area (Å²) in [5.41, 5.74) is 0.253. The van der Waals surface area contributed by atoms with Crippen LogP contribution >= 0.6 is 34.5 Å². The highest BCUT2D eigenvalue weighted by molar-refractivity contribution is 7.91. The van der Waals surface area contributed by atoms with Crippen molar-refractivity contribution in [1.29, 1.82) is 0 Å². The summed E-state index contributed by atoms with van der Waals surface area (Å²) in [6, 6.07) is 4.02. The van der Waals surface area contributed by atoms with E-state index in [0.717, 1.165) is 15.6 Å². The minimum Gasteiger partial charge on any atom is -0.504 e. The summed E-state index contributed by atoms with van der Waals surface area (Å²) in [5.74, 6) is -0.516. The first kappa shape index (κ1) is 19.8. The van der Waals surface area contributed by atoms with Crippen molar-refractivity contribution in [2.45, 2.75) is 11.1 Å². The van der Waals surface area contributed by atoms with Crippen LogP contribution in [0.4, 0.5) is 16.2 Å². The Morgan fingerprint density at radius 1 is 1.28 bits per heavy atom. The molecule has 0 fully saturated rings. The fourth-order valence-electron chi connectivity index (χ4n) is 1.79. The molecule has 2 aromatic rings. The number of carbonyl (C=O) groups is 1. The third kappa shape index (κ3) is 4.18. The monoisotopic (exact) mass is 423 g/mol. The Labute approximate surface area is 159 Å². The molecule has 7 nitrogen and oxygen atoms in total. The molecule has 0 saturated carbocycles. The van der Waals surface area contributed by atoms with Gasteiger partial charge >= 0.3 is 6.03 Å². The molecule has 0 aliphatic rings. The lowest BCUT2D eigenvalue weighted by molar-refractivity contribution is 0.262. The summed E-state index contributed by atoms with van der Waals surface area (Å²) in [4.78, 5) is 12.1. The number of aromatic hydroxyl groups is 1. The van der Waals surface area contributed by atoms with E-state index in [1.807, 2.05) is 0 Å². The second-order valence-electron chi connectivity index (χ2n) is 4.89. The van der Waals surface area contributed by atoms with Gasteiger partial charge in [-0.15, -0.1) is 11.3 Å². The largest absolute Gasteiger partial charge is 0.504 e. The molecular formula is C14H15Cl2N3O4S2. The Bertz CT molecular complexity index is 899. The Balaban J connectivity index is 2.19. The molecule has 0 bridgehead atoms. The number of urea groups is 1. The molecule has 1 aromatic heterocycles. The zero-order chi connectivity index (χ0) is 18.8. The molecule has 0 spiro atoms. The fraction of sp³-hybridized carbons (Fsp3) is 0.214. The van der Waals surface area contributed by atoms with Crippen molar-refractivity contribution < 1.29 is 18.3 Å². The van der Waals surface area contributed by atoms with Crippen LogP contribution in [0.5, 0.6) is 5.75 Å². The van der Waals surface area contributed by atoms with Gasteiger partial charge in [-0.1, -0.05) is 36.2 Å². The average Bonchev–Trinajstić information content (AvgIpc) is 2.92. The van der Waals surface area contributed by atoms with E-state index in [0.29, 0.717) is 0 Å². The number of carbonyl (C=O) groups excluding carboxylic acids is 1. The number of amides is 2. The molecule has 2 amide bonds. The van der Waals surface area contributed by atoms with Gasteiger partial charge in [0.2, 0.25) is 0 Å². The second kappa shape index (κ2) is 7.79. The normalized spacial score (nSPS) is 11.6. The lowest BCUT2D eigenvalue weighted by Gasteiger charge is -2.13. The Kier molecular flexibility index (Phi) is 6.17. The van der Waals surface area contributed by atoms with Gasteiger partial charge in [-0.3, -0.25) is 0 Å². The van der Waals surface area contributed by atoms with Crippen LogP contribution in [0.15, 0.2) is 27.8 Å². The molecule has 0 unspecified atom stereocenters. The molecule has 0 radical (unpaired) electrons. The lowest BCUT2D eigenvalue weighted by Crippen LogP contribution is -2.26. The van der Waals surface area contributed by atoms with Gasteiger partial charge < -0.3 is 15.7 Å². The zero-order valence-corrected chi connectivity index (χ0v) is 16.4. The summed E-state index contributed by atoms with van der Waals surface area (Å²) in [6.45, 7) is 1.92. The highest BCUT2D eigenvalue weighted by Crippen LogP contribution is 2.39. The van der Waals surface area contributed by atoms with Crippen LogP contribution < -0.4 is 10.6 Å². The summed E-state index contributed by atoms with van der Waals surface area (Å²) in [5, 5.41) is 16.8. The first-order valence-electron chi connectivity index (χ1n) is 6.97. The topological polar surface area (TPSA) is 98.7 Å². The lowest BCUT2D eigenvalue weighted by atomic mass is 10.3. The Hall–Kier alpha value is -1.52. The van der Waals surface area contributed by atoms with Crippen molar-refractivity contribution in [2.75, 3.05) is 24.2 Å². The molecule has 1 aromatic carbocycles. The summed E-state index contributed by atoms with van der Waals surface area (Å²) < 4.78 is 25.4. The van der Waals surface area contributed by atoms with Crippen molar-refractivity contribution in [1.82, 2.24) is 4.31 Å². The first-order chi connectivity index (χ1) is 11.7. The number of halogens is 2. The summed E-state index contributed by atoms with van der Waals surface area (Å²) >= 11 is 12.7.